The van der Waals surface area contributed by atoms with Crippen molar-refractivity contribution in [3.05, 3.63) is 46.4 Å². The minimum absolute atomic E-state index is 0.327. The van der Waals surface area contributed by atoms with Crippen LogP contribution in [-0.4, -0.2) is 57.8 Å². The number of nitrogens with zero attached hydrogens (tertiary/aromatic N) is 4. The Balaban J connectivity index is 1.50. The van der Waals surface area contributed by atoms with E-state index in [2.05, 4.69) is 44.1 Å². The molecule has 28 heavy (non-hydrogen) atoms. The van der Waals surface area contributed by atoms with Crippen LogP contribution in [0.25, 0.3) is 11.2 Å². The number of benzene rings is 1. The molecule has 0 bridgehead atoms. The lowest BCUT2D eigenvalue weighted by Crippen LogP contribution is -2.18. The van der Waals surface area contributed by atoms with Crippen LogP contribution in [0.3, 0.4) is 0 Å². The van der Waals surface area contributed by atoms with Crippen LogP contribution in [0.2, 0.25) is 0 Å². The zero-order valence-corrected chi connectivity index (χ0v) is 16.9. The first-order valence-electron chi connectivity index (χ1n) is 9.60. The Kier molecular flexibility index (Phi) is 5.99. The first kappa shape index (κ1) is 19.0. The van der Waals surface area contributed by atoms with Gasteiger partial charge in [-0.1, -0.05) is 24.3 Å². The number of likely N-dealkylation sites (tertiary alicyclic amines) is 1. The van der Waals surface area contributed by atoms with Crippen molar-refractivity contribution >= 4 is 23.4 Å². The molecule has 4 rings (SSSR count). The first-order valence-corrected chi connectivity index (χ1v) is 10.0. The number of fused-ring (bicyclic) bond motifs is 1. The second-order valence-electron chi connectivity index (χ2n) is 7.05. The molecule has 3 aromatic rings. The van der Waals surface area contributed by atoms with Crippen LogP contribution >= 0.6 is 12.2 Å². The third-order valence-corrected chi connectivity index (χ3v) is 5.30. The smallest absolute Gasteiger partial charge is 0.318 e. The number of rotatable bonds is 8. The normalized spacial score (nSPS) is 14.8. The number of aromatic nitrogens is 4. The molecular formula is C20H25N5O2S. The zero-order valence-electron chi connectivity index (χ0n) is 16.1. The van der Waals surface area contributed by atoms with Crippen molar-refractivity contribution in [1.82, 2.24) is 24.4 Å². The number of nitrogens with one attached hydrogen (secondary N) is 1. The van der Waals surface area contributed by atoms with Crippen LogP contribution in [0.4, 0.5) is 0 Å². The van der Waals surface area contributed by atoms with Crippen molar-refractivity contribution in [3.63, 3.8) is 0 Å². The summed E-state index contributed by atoms with van der Waals surface area (Å²) in [5.74, 6) is 0. The minimum Gasteiger partial charge on any atom is -0.461 e. The van der Waals surface area contributed by atoms with Gasteiger partial charge in [-0.3, -0.25) is 9.47 Å². The number of methoxy groups -OCH3 is 1. The van der Waals surface area contributed by atoms with Crippen molar-refractivity contribution in [3.8, 4) is 6.01 Å². The van der Waals surface area contributed by atoms with Crippen LogP contribution in [-0.2, 0) is 17.8 Å². The van der Waals surface area contributed by atoms with Gasteiger partial charge in [0, 0.05) is 13.7 Å². The summed E-state index contributed by atoms with van der Waals surface area (Å²) < 4.78 is 13.1. The third kappa shape index (κ3) is 4.40. The summed E-state index contributed by atoms with van der Waals surface area (Å²) in [5.41, 5.74) is 4.08. The molecule has 1 N–H and O–H groups in total. The van der Waals surface area contributed by atoms with Crippen molar-refractivity contribution in [1.29, 1.82) is 0 Å². The molecule has 7 nitrogen and oxygen atoms in total. The van der Waals surface area contributed by atoms with Gasteiger partial charge in [-0.05, 0) is 49.3 Å². The van der Waals surface area contributed by atoms with Gasteiger partial charge in [-0.25, -0.2) is 4.98 Å². The molecule has 1 aliphatic rings. The van der Waals surface area contributed by atoms with Gasteiger partial charge in [0.1, 0.15) is 12.1 Å². The molecule has 148 valence electrons. The van der Waals surface area contributed by atoms with E-state index in [4.69, 9.17) is 21.7 Å². The van der Waals surface area contributed by atoms with Crippen molar-refractivity contribution in [2.24, 2.45) is 0 Å². The van der Waals surface area contributed by atoms with E-state index in [0.29, 0.717) is 30.5 Å². The molecule has 1 aliphatic heterocycles. The molecule has 2 aromatic heterocycles. The molecule has 0 saturated carbocycles. The molecule has 1 aromatic carbocycles. The fourth-order valence-electron chi connectivity index (χ4n) is 3.49. The van der Waals surface area contributed by atoms with E-state index in [-0.39, 0.29) is 0 Å². The van der Waals surface area contributed by atoms with Gasteiger partial charge in [-0.2, -0.15) is 4.98 Å². The highest BCUT2D eigenvalue weighted by atomic mass is 32.1. The molecule has 0 aliphatic carbocycles. The lowest BCUT2D eigenvalue weighted by molar-refractivity contribution is 0.141. The Hall–Kier alpha value is -2.29. The van der Waals surface area contributed by atoms with Crippen LogP contribution < -0.4 is 4.74 Å². The van der Waals surface area contributed by atoms with E-state index in [9.17, 15) is 0 Å². The van der Waals surface area contributed by atoms with Crippen LogP contribution in [0.15, 0.2) is 30.5 Å². The summed E-state index contributed by atoms with van der Waals surface area (Å²) in [6.07, 6.45) is 4.34. The highest BCUT2D eigenvalue weighted by molar-refractivity contribution is 7.71. The molecule has 3 heterocycles. The van der Waals surface area contributed by atoms with Gasteiger partial charge < -0.3 is 14.5 Å². The molecule has 1 fully saturated rings. The zero-order chi connectivity index (χ0) is 19.3. The van der Waals surface area contributed by atoms with Crippen molar-refractivity contribution in [2.75, 3.05) is 33.4 Å². The van der Waals surface area contributed by atoms with E-state index in [1.54, 1.807) is 13.3 Å². The van der Waals surface area contributed by atoms with E-state index in [1.165, 1.54) is 37.1 Å². The van der Waals surface area contributed by atoms with Gasteiger partial charge in [0.15, 0.2) is 10.4 Å². The van der Waals surface area contributed by atoms with Crippen LogP contribution in [0.5, 0.6) is 6.01 Å². The van der Waals surface area contributed by atoms with Crippen LogP contribution in [0, 0.1) is 4.77 Å². The topological polar surface area (TPSA) is 68.2 Å². The highest BCUT2D eigenvalue weighted by Crippen LogP contribution is 2.17. The average molecular weight is 400 g/mol. The molecule has 0 atom stereocenters. The second-order valence-corrected chi connectivity index (χ2v) is 7.43. The number of imidazole rings is 1. The van der Waals surface area contributed by atoms with Gasteiger partial charge in [0.25, 0.3) is 0 Å². The van der Waals surface area contributed by atoms with E-state index < -0.39 is 0 Å². The van der Waals surface area contributed by atoms with Crippen molar-refractivity contribution in [2.45, 2.75) is 25.9 Å². The molecule has 1 saturated heterocycles. The summed E-state index contributed by atoms with van der Waals surface area (Å²) in [7, 11) is 1.63. The van der Waals surface area contributed by atoms with Gasteiger partial charge in [0.2, 0.25) is 0 Å². The Morgan fingerprint density at radius 2 is 1.79 bits per heavy atom. The van der Waals surface area contributed by atoms with Gasteiger partial charge in [0.05, 0.1) is 19.3 Å². The Bertz CT molecular complexity index is 976. The maximum atomic E-state index is 5.53. The molecule has 0 radical (unpaired) electrons. The molecular weight excluding hydrogens is 374 g/mol. The van der Waals surface area contributed by atoms with E-state index in [1.807, 2.05) is 4.57 Å². The highest BCUT2D eigenvalue weighted by Gasteiger charge is 2.12. The SMILES string of the molecule is COCCOc1ncc2[nH]c(=S)n(Cc3ccc(CN4CCCC4)cc3)c2n1. The lowest BCUT2D eigenvalue weighted by Gasteiger charge is -2.14. The van der Waals surface area contributed by atoms with Gasteiger partial charge >= 0.3 is 6.01 Å². The monoisotopic (exact) mass is 399 g/mol. The molecule has 0 unspecified atom stereocenters. The second kappa shape index (κ2) is 8.81. The predicted molar refractivity (Wildman–Crippen MR) is 110 cm³/mol. The maximum absolute atomic E-state index is 5.53. The van der Waals surface area contributed by atoms with E-state index >= 15 is 0 Å². The Morgan fingerprint density at radius 1 is 1.07 bits per heavy atom. The lowest BCUT2D eigenvalue weighted by atomic mass is 10.1. The molecule has 0 spiro atoms. The standard InChI is InChI=1S/C20H25N5O2S/c1-26-10-11-27-19-21-12-17-18(23-19)25(20(28)22-17)14-16-6-4-15(5-7-16)13-24-8-2-3-9-24/h4-7,12H,2-3,8-11,13-14H2,1H3,(H,22,28). The quantitative estimate of drug-likeness (QED) is 0.464. The summed E-state index contributed by atoms with van der Waals surface area (Å²) in [6, 6.07) is 9.08. The summed E-state index contributed by atoms with van der Waals surface area (Å²) in [5, 5.41) is 0. The summed E-state index contributed by atoms with van der Waals surface area (Å²) >= 11 is 5.49. The van der Waals surface area contributed by atoms with Crippen LogP contribution in [0.1, 0.15) is 24.0 Å². The maximum Gasteiger partial charge on any atom is 0.318 e. The Labute approximate surface area is 169 Å². The number of ether oxygens (including phenoxy) is 2. The number of hydrogen-bond donors (Lipinski definition) is 1. The number of aromatic amines is 1. The number of hydrogen-bond acceptors (Lipinski definition) is 6. The number of H-pyrrole nitrogens is 1. The third-order valence-electron chi connectivity index (χ3n) is 4.98. The fourth-order valence-corrected chi connectivity index (χ4v) is 3.76. The minimum atomic E-state index is 0.327. The molecule has 8 heteroatoms. The molecule has 0 amide bonds. The average Bonchev–Trinajstić information content (AvgIpc) is 3.32. The van der Waals surface area contributed by atoms with Crippen molar-refractivity contribution < 1.29 is 9.47 Å². The Morgan fingerprint density at radius 3 is 2.50 bits per heavy atom. The summed E-state index contributed by atoms with van der Waals surface area (Å²) in [4.78, 5) is 14.4. The predicted octanol–water partition coefficient (Wildman–Crippen LogP) is 3.16. The van der Waals surface area contributed by atoms with Gasteiger partial charge in [-0.15, -0.1) is 0 Å². The summed E-state index contributed by atoms with van der Waals surface area (Å²) in [6.45, 7) is 5.00. The first-order chi connectivity index (χ1) is 13.7. The van der Waals surface area contributed by atoms with E-state index in [0.717, 1.165) is 17.7 Å². The largest absolute Gasteiger partial charge is 0.461 e. The fraction of sp³-hybridized carbons (Fsp3) is 0.450.